The fourth-order valence-electron chi connectivity index (χ4n) is 4.86. The predicted octanol–water partition coefficient (Wildman–Crippen LogP) is 3.12. The molecule has 2 aromatic carbocycles. The topological polar surface area (TPSA) is 130 Å². The number of aromatic nitrogens is 3. The largest absolute Gasteiger partial charge is 0.493 e. The molecule has 0 saturated carbocycles. The Balaban J connectivity index is 1.20. The Morgan fingerprint density at radius 3 is 2.63 bits per heavy atom. The molecule has 0 unspecified atom stereocenters. The quantitative estimate of drug-likeness (QED) is 0.347. The lowest BCUT2D eigenvalue weighted by molar-refractivity contribution is -0.130. The Bertz CT molecular complexity index is 1510. The lowest BCUT2D eigenvalue weighted by atomic mass is 10.0. The van der Waals surface area contributed by atoms with E-state index >= 15 is 0 Å². The van der Waals surface area contributed by atoms with Crippen LogP contribution in [0.1, 0.15) is 47.4 Å². The van der Waals surface area contributed by atoms with Crippen LogP contribution in [0.4, 0.5) is 0 Å². The van der Waals surface area contributed by atoms with Gasteiger partial charge < -0.3 is 20.1 Å². The highest BCUT2D eigenvalue weighted by Gasteiger charge is 2.27. The van der Waals surface area contributed by atoms with Gasteiger partial charge in [-0.15, -0.1) is 0 Å². The first-order chi connectivity index (χ1) is 18.4. The van der Waals surface area contributed by atoms with E-state index in [-0.39, 0.29) is 30.3 Å². The average Bonchev–Trinajstić information content (AvgIpc) is 3.23. The van der Waals surface area contributed by atoms with E-state index < -0.39 is 5.69 Å². The highest BCUT2D eigenvalue weighted by molar-refractivity contribution is 5.94. The lowest BCUT2D eigenvalue weighted by Gasteiger charge is -2.32. The Morgan fingerprint density at radius 1 is 1.13 bits per heavy atom. The van der Waals surface area contributed by atoms with Gasteiger partial charge in [0.1, 0.15) is 18.1 Å². The number of nitrogens with one attached hydrogen (secondary N) is 2. The standard InChI is InChI=1S/C28H29N5O5/c1-18(34)32-13-10-22(11-14-32)33-24(27(36)31-28(33)37)16-30-26(35)20-7-5-19(6-8-20)17-38-25-4-2-3-21-15-29-12-9-23(21)25/h2-9,12,15,22,36H,10-11,13-14,16-17H2,1H3,(H,30,35)(H,31,37). The first kappa shape index (κ1) is 25.1. The van der Waals surface area contributed by atoms with E-state index in [1.807, 2.05) is 36.4 Å². The molecule has 10 nitrogen and oxygen atoms in total. The second-order valence-electron chi connectivity index (χ2n) is 9.35. The van der Waals surface area contributed by atoms with Gasteiger partial charge in [0.05, 0.1) is 6.54 Å². The molecule has 196 valence electrons. The van der Waals surface area contributed by atoms with E-state index in [0.29, 0.717) is 43.8 Å². The summed E-state index contributed by atoms with van der Waals surface area (Å²) >= 11 is 0. The number of H-pyrrole nitrogens is 1. The van der Waals surface area contributed by atoms with Crippen LogP contribution in [0.25, 0.3) is 10.8 Å². The van der Waals surface area contributed by atoms with Gasteiger partial charge in [-0.05, 0) is 42.7 Å². The molecule has 0 radical (unpaired) electrons. The summed E-state index contributed by atoms with van der Waals surface area (Å²) in [5.74, 6) is 0.172. The fraction of sp³-hybridized carbons (Fsp3) is 0.286. The molecule has 0 atom stereocenters. The number of aromatic amines is 1. The Morgan fingerprint density at radius 2 is 1.89 bits per heavy atom. The number of hydrogen-bond acceptors (Lipinski definition) is 6. The molecule has 3 N–H and O–H groups in total. The number of imidazole rings is 1. The van der Waals surface area contributed by atoms with Gasteiger partial charge in [-0.25, -0.2) is 4.79 Å². The van der Waals surface area contributed by atoms with Crippen LogP contribution in [0.5, 0.6) is 11.6 Å². The number of pyridine rings is 1. The van der Waals surface area contributed by atoms with Gasteiger partial charge in [-0.3, -0.25) is 24.1 Å². The molecule has 2 amide bonds. The Kier molecular flexibility index (Phi) is 7.12. The molecule has 1 aliphatic rings. The van der Waals surface area contributed by atoms with Crippen LogP contribution in [0.3, 0.4) is 0 Å². The second-order valence-corrected chi connectivity index (χ2v) is 9.35. The minimum absolute atomic E-state index is 0.00360. The minimum atomic E-state index is -0.431. The third kappa shape index (κ3) is 5.24. The van der Waals surface area contributed by atoms with Crippen molar-refractivity contribution in [3.05, 3.63) is 88.2 Å². The van der Waals surface area contributed by atoms with Crippen LogP contribution < -0.4 is 15.7 Å². The third-order valence-corrected chi connectivity index (χ3v) is 6.95. The number of ether oxygens (including phenoxy) is 1. The van der Waals surface area contributed by atoms with E-state index in [1.165, 1.54) is 11.5 Å². The summed E-state index contributed by atoms with van der Waals surface area (Å²) in [6.07, 6.45) is 4.71. The fourth-order valence-corrected chi connectivity index (χ4v) is 4.86. The SMILES string of the molecule is CC(=O)N1CCC(n2c(CNC(=O)c3ccc(COc4cccc5cnccc45)cc3)c(O)[nH]c2=O)CC1. The molecule has 1 fully saturated rings. The first-order valence-corrected chi connectivity index (χ1v) is 12.5. The van der Waals surface area contributed by atoms with Crippen LogP contribution in [0.2, 0.25) is 0 Å². The van der Waals surface area contributed by atoms with Crippen molar-refractivity contribution in [2.75, 3.05) is 13.1 Å². The van der Waals surface area contributed by atoms with Crippen LogP contribution in [-0.4, -0.2) is 49.4 Å². The molecule has 10 heteroatoms. The number of carbonyl (C=O) groups is 2. The number of amides is 2. The molecule has 4 aromatic rings. The van der Waals surface area contributed by atoms with Crippen molar-refractivity contribution in [1.82, 2.24) is 24.8 Å². The lowest BCUT2D eigenvalue weighted by Crippen LogP contribution is -2.40. The van der Waals surface area contributed by atoms with Crippen molar-refractivity contribution in [2.45, 2.75) is 39.0 Å². The molecule has 2 aromatic heterocycles. The first-order valence-electron chi connectivity index (χ1n) is 12.5. The van der Waals surface area contributed by atoms with Crippen LogP contribution in [-0.2, 0) is 17.9 Å². The van der Waals surface area contributed by atoms with Crippen LogP contribution in [0, 0.1) is 0 Å². The maximum atomic E-state index is 12.8. The number of nitrogens with zero attached hydrogens (tertiary/aromatic N) is 3. The molecule has 5 rings (SSSR count). The molecule has 0 bridgehead atoms. The van der Waals surface area contributed by atoms with Crippen molar-refractivity contribution >= 4 is 22.6 Å². The summed E-state index contributed by atoms with van der Waals surface area (Å²) in [6, 6.07) is 14.6. The summed E-state index contributed by atoms with van der Waals surface area (Å²) in [5, 5.41) is 15.1. The number of rotatable bonds is 7. The third-order valence-electron chi connectivity index (χ3n) is 6.95. The van der Waals surface area contributed by atoms with Gasteiger partial charge in [0.2, 0.25) is 11.8 Å². The highest BCUT2D eigenvalue weighted by atomic mass is 16.5. The summed E-state index contributed by atoms with van der Waals surface area (Å²) in [5.41, 5.74) is 1.24. The minimum Gasteiger partial charge on any atom is -0.493 e. The Labute approximate surface area is 218 Å². The van der Waals surface area contributed by atoms with Gasteiger partial charge >= 0.3 is 5.69 Å². The second kappa shape index (κ2) is 10.8. The van der Waals surface area contributed by atoms with Crippen LogP contribution >= 0.6 is 0 Å². The maximum Gasteiger partial charge on any atom is 0.328 e. The van der Waals surface area contributed by atoms with Crippen molar-refractivity contribution < 1.29 is 19.4 Å². The van der Waals surface area contributed by atoms with Crippen molar-refractivity contribution in [2.24, 2.45) is 0 Å². The van der Waals surface area contributed by atoms with Crippen molar-refractivity contribution in [1.29, 1.82) is 0 Å². The molecule has 1 saturated heterocycles. The molecular formula is C28H29N5O5. The Hall–Kier alpha value is -4.60. The summed E-state index contributed by atoms with van der Waals surface area (Å²) in [6.45, 7) is 2.93. The smallest absolute Gasteiger partial charge is 0.328 e. The molecule has 0 spiro atoms. The number of hydrogen-bond donors (Lipinski definition) is 3. The predicted molar refractivity (Wildman–Crippen MR) is 141 cm³/mol. The van der Waals surface area contributed by atoms with Crippen LogP contribution in [0.15, 0.2) is 65.7 Å². The number of likely N-dealkylation sites (tertiary alicyclic amines) is 1. The number of fused-ring (bicyclic) bond motifs is 1. The zero-order chi connectivity index (χ0) is 26.6. The van der Waals surface area contributed by atoms with Gasteiger partial charge in [0, 0.05) is 54.8 Å². The van der Waals surface area contributed by atoms with Gasteiger partial charge in [0.15, 0.2) is 0 Å². The van der Waals surface area contributed by atoms with E-state index in [4.69, 9.17) is 4.74 Å². The van der Waals surface area contributed by atoms with Crippen molar-refractivity contribution in [3.8, 4) is 11.6 Å². The van der Waals surface area contributed by atoms with E-state index in [9.17, 15) is 19.5 Å². The number of benzene rings is 2. The van der Waals surface area contributed by atoms with Crippen molar-refractivity contribution in [3.63, 3.8) is 0 Å². The maximum absolute atomic E-state index is 12.8. The number of aromatic hydroxyl groups is 1. The zero-order valence-corrected chi connectivity index (χ0v) is 21.0. The molecule has 3 heterocycles. The van der Waals surface area contributed by atoms with E-state index in [0.717, 1.165) is 22.1 Å². The number of carbonyl (C=O) groups excluding carboxylic acids is 2. The number of piperidine rings is 1. The summed E-state index contributed by atoms with van der Waals surface area (Å²) < 4.78 is 7.50. The monoisotopic (exact) mass is 515 g/mol. The molecular weight excluding hydrogens is 486 g/mol. The molecule has 38 heavy (non-hydrogen) atoms. The summed E-state index contributed by atoms with van der Waals surface area (Å²) in [4.78, 5) is 45.2. The highest BCUT2D eigenvalue weighted by Crippen LogP contribution is 2.26. The average molecular weight is 516 g/mol. The zero-order valence-electron chi connectivity index (χ0n) is 21.0. The molecule has 1 aliphatic heterocycles. The van der Waals surface area contributed by atoms with E-state index in [2.05, 4.69) is 15.3 Å². The molecule has 0 aliphatic carbocycles. The van der Waals surface area contributed by atoms with Gasteiger partial charge in [0.25, 0.3) is 5.91 Å². The normalized spacial score (nSPS) is 14.0. The van der Waals surface area contributed by atoms with E-state index in [1.54, 1.807) is 29.4 Å². The van der Waals surface area contributed by atoms with Gasteiger partial charge in [-0.1, -0.05) is 24.3 Å². The van der Waals surface area contributed by atoms with Gasteiger partial charge in [-0.2, -0.15) is 0 Å². The summed E-state index contributed by atoms with van der Waals surface area (Å²) in [7, 11) is 0.